The maximum atomic E-state index is 12.4. The molecule has 3 rings (SSSR count). The Hall–Kier alpha value is -2.66. The third-order valence-electron chi connectivity index (χ3n) is 6.82. The van der Waals surface area contributed by atoms with E-state index >= 15 is 0 Å². The Morgan fingerprint density at radius 2 is 1.82 bits per heavy atom. The first-order chi connectivity index (χ1) is 16.0. The molecule has 0 spiro atoms. The number of hydrogen-bond acceptors (Lipinski definition) is 4. The summed E-state index contributed by atoms with van der Waals surface area (Å²) >= 11 is 0. The van der Waals surface area contributed by atoms with Crippen molar-refractivity contribution in [1.82, 2.24) is 5.32 Å². The molecule has 1 aliphatic carbocycles. The second kappa shape index (κ2) is 11.5. The standard InChI is InChI=1S/C28H37NO4/c1-4-6-7-8-20-9-14-24-25(19-20)28(24,17-15-23(30)5-2)22-12-10-21(11-13-22)27(32)29-18-16-26(31)33-3/h9-14,19,23,30H,4-8,15-18H2,1-3H3,(H,29,32). The number of ether oxygens (including phenoxy) is 1. The number of carbonyl (C=O) groups is 2. The van der Waals surface area contributed by atoms with Crippen LogP contribution in [0.15, 0.2) is 42.5 Å². The predicted molar refractivity (Wildman–Crippen MR) is 130 cm³/mol. The summed E-state index contributed by atoms with van der Waals surface area (Å²) in [7, 11) is 1.34. The van der Waals surface area contributed by atoms with Gasteiger partial charge in [0.2, 0.25) is 0 Å². The number of aliphatic hydroxyl groups excluding tert-OH is 1. The van der Waals surface area contributed by atoms with Gasteiger partial charge in [0, 0.05) is 17.5 Å². The zero-order valence-electron chi connectivity index (χ0n) is 20.2. The van der Waals surface area contributed by atoms with Crippen molar-refractivity contribution in [3.8, 4) is 0 Å². The Balaban J connectivity index is 1.76. The number of amides is 1. The van der Waals surface area contributed by atoms with Crippen molar-refractivity contribution in [1.29, 1.82) is 0 Å². The van der Waals surface area contributed by atoms with Crippen LogP contribution in [0.3, 0.4) is 0 Å². The molecule has 0 saturated heterocycles. The number of nitrogens with one attached hydrogen (secondary N) is 1. The minimum Gasteiger partial charge on any atom is -0.469 e. The summed E-state index contributed by atoms with van der Waals surface area (Å²) < 4.78 is 4.60. The van der Waals surface area contributed by atoms with Gasteiger partial charge in [0.25, 0.3) is 5.91 Å². The summed E-state index contributed by atoms with van der Waals surface area (Å²) in [6, 6.07) is 14.6. The minimum absolute atomic E-state index is 0.152. The first-order valence-electron chi connectivity index (χ1n) is 12.2. The van der Waals surface area contributed by atoms with Gasteiger partial charge in [-0.2, -0.15) is 0 Å². The van der Waals surface area contributed by atoms with Crippen molar-refractivity contribution < 1.29 is 19.4 Å². The Bertz CT molecular complexity index is 953. The van der Waals surface area contributed by atoms with E-state index in [1.165, 1.54) is 43.1 Å². The van der Waals surface area contributed by atoms with Gasteiger partial charge in [-0.1, -0.05) is 57.0 Å². The van der Waals surface area contributed by atoms with Gasteiger partial charge >= 0.3 is 5.97 Å². The molecule has 0 bridgehead atoms. The molecule has 0 saturated carbocycles. The fourth-order valence-electron chi connectivity index (χ4n) is 4.66. The lowest BCUT2D eigenvalue weighted by Crippen LogP contribution is -2.26. The van der Waals surface area contributed by atoms with Crippen molar-refractivity contribution in [2.75, 3.05) is 13.7 Å². The van der Waals surface area contributed by atoms with Gasteiger partial charge in [0.1, 0.15) is 0 Å². The number of rotatable bonds is 13. The van der Waals surface area contributed by atoms with Crippen molar-refractivity contribution in [2.24, 2.45) is 0 Å². The summed E-state index contributed by atoms with van der Waals surface area (Å²) in [6.45, 7) is 4.48. The van der Waals surface area contributed by atoms with Gasteiger partial charge in [-0.05, 0) is 66.5 Å². The maximum Gasteiger partial charge on any atom is 0.307 e. The molecule has 0 aromatic heterocycles. The number of aryl methyl sites for hydroxylation is 1. The summed E-state index contributed by atoms with van der Waals surface area (Å²) in [6.07, 6.45) is 6.96. The molecular formula is C28H37NO4. The van der Waals surface area contributed by atoms with Gasteiger partial charge in [-0.3, -0.25) is 9.59 Å². The number of unbranched alkanes of at least 4 members (excludes halogenated alkanes) is 2. The van der Waals surface area contributed by atoms with E-state index in [1.807, 2.05) is 31.2 Å². The Labute approximate surface area is 197 Å². The van der Waals surface area contributed by atoms with Crippen LogP contribution in [0.1, 0.15) is 91.4 Å². The van der Waals surface area contributed by atoms with Gasteiger partial charge in [-0.25, -0.2) is 0 Å². The van der Waals surface area contributed by atoms with E-state index in [2.05, 4.69) is 35.2 Å². The summed E-state index contributed by atoms with van der Waals surface area (Å²) in [5.74, 6) is -0.546. The van der Waals surface area contributed by atoms with Gasteiger partial charge in [0.15, 0.2) is 0 Å². The average molecular weight is 452 g/mol. The van der Waals surface area contributed by atoms with Gasteiger partial charge in [0.05, 0.1) is 19.6 Å². The molecule has 33 heavy (non-hydrogen) atoms. The van der Waals surface area contributed by atoms with Crippen LogP contribution >= 0.6 is 0 Å². The lowest BCUT2D eigenvalue weighted by atomic mass is 9.85. The quantitative estimate of drug-likeness (QED) is 0.335. The average Bonchev–Trinajstić information content (AvgIpc) is 3.49. The molecule has 2 atom stereocenters. The lowest BCUT2D eigenvalue weighted by Gasteiger charge is -2.19. The summed E-state index contributed by atoms with van der Waals surface area (Å²) in [5, 5.41) is 13.0. The van der Waals surface area contributed by atoms with E-state index < -0.39 is 0 Å². The number of benzene rings is 2. The van der Waals surface area contributed by atoms with Crippen molar-refractivity contribution in [3.63, 3.8) is 0 Å². The lowest BCUT2D eigenvalue weighted by molar-refractivity contribution is -0.140. The molecule has 2 aromatic carbocycles. The molecule has 5 heteroatoms. The first-order valence-corrected chi connectivity index (χ1v) is 12.2. The third kappa shape index (κ3) is 5.83. The zero-order valence-corrected chi connectivity index (χ0v) is 20.2. The molecule has 1 aliphatic rings. The van der Waals surface area contributed by atoms with Crippen LogP contribution in [-0.4, -0.2) is 36.7 Å². The van der Waals surface area contributed by atoms with Crippen LogP contribution < -0.4 is 5.32 Å². The van der Waals surface area contributed by atoms with Crippen LogP contribution in [0.5, 0.6) is 0 Å². The number of esters is 1. The molecular weight excluding hydrogens is 414 g/mol. The Morgan fingerprint density at radius 1 is 1.06 bits per heavy atom. The van der Waals surface area contributed by atoms with E-state index in [1.54, 1.807) is 0 Å². The normalized spacial score (nSPS) is 17.2. The van der Waals surface area contributed by atoms with Crippen LogP contribution in [0.25, 0.3) is 0 Å². The smallest absolute Gasteiger partial charge is 0.307 e. The minimum atomic E-state index is -0.345. The second-order valence-electron chi connectivity index (χ2n) is 9.00. The molecule has 0 radical (unpaired) electrons. The molecule has 0 aliphatic heterocycles. The van der Waals surface area contributed by atoms with E-state index in [0.29, 0.717) is 5.56 Å². The Morgan fingerprint density at radius 3 is 2.48 bits per heavy atom. The summed E-state index contributed by atoms with van der Waals surface area (Å²) in [4.78, 5) is 23.7. The number of carbonyl (C=O) groups excluding carboxylic acids is 2. The van der Waals surface area contributed by atoms with Crippen LogP contribution in [0, 0.1) is 0 Å². The number of aliphatic hydroxyl groups is 1. The highest BCUT2D eigenvalue weighted by Gasteiger charge is 2.51. The highest BCUT2D eigenvalue weighted by Crippen LogP contribution is 2.58. The van der Waals surface area contributed by atoms with Gasteiger partial charge < -0.3 is 15.2 Å². The maximum absolute atomic E-state index is 12.4. The SMILES string of the molecule is CCCCCc1ccc2c(c1)C2(CCC(O)CC)c1ccc(C(=O)NCCC(=O)OC)cc1. The molecule has 2 unspecified atom stereocenters. The molecule has 0 heterocycles. The number of fused-ring (bicyclic) bond motifs is 1. The largest absolute Gasteiger partial charge is 0.469 e. The fraction of sp³-hybridized carbons (Fsp3) is 0.500. The molecule has 178 valence electrons. The molecule has 5 nitrogen and oxygen atoms in total. The van der Waals surface area contributed by atoms with Crippen LogP contribution in [0.2, 0.25) is 0 Å². The van der Waals surface area contributed by atoms with Crippen molar-refractivity contribution >= 4 is 11.9 Å². The highest BCUT2D eigenvalue weighted by molar-refractivity contribution is 5.94. The summed E-state index contributed by atoms with van der Waals surface area (Å²) in [5.41, 5.74) is 5.63. The highest BCUT2D eigenvalue weighted by atomic mass is 16.5. The number of methoxy groups -OCH3 is 1. The predicted octanol–water partition coefficient (Wildman–Crippen LogP) is 4.91. The third-order valence-corrected chi connectivity index (χ3v) is 6.82. The second-order valence-corrected chi connectivity index (χ2v) is 9.00. The molecule has 0 fully saturated rings. The van der Waals surface area contributed by atoms with Crippen molar-refractivity contribution in [3.05, 3.63) is 70.3 Å². The van der Waals surface area contributed by atoms with E-state index in [4.69, 9.17) is 0 Å². The van der Waals surface area contributed by atoms with Crippen molar-refractivity contribution in [2.45, 2.75) is 76.7 Å². The van der Waals surface area contributed by atoms with Crippen LogP contribution in [0.4, 0.5) is 0 Å². The fourth-order valence-corrected chi connectivity index (χ4v) is 4.66. The Kier molecular flexibility index (Phi) is 8.67. The molecule has 2 N–H and O–H groups in total. The van der Waals surface area contributed by atoms with Gasteiger partial charge in [-0.15, -0.1) is 0 Å². The van der Waals surface area contributed by atoms with E-state index in [-0.39, 0.29) is 36.4 Å². The number of hydrogen-bond donors (Lipinski definition) is 2. The van der Waals surface area contributed by atoms with E-state index in [9.17, 15) is 14.7 Å². The van der Waals surface area contributed by atoms with Crippen LogP contribution in [-0.2, 0) is 21.4 Å². The van der Waals surface area contributed by atoms with E-state index in [0.717, 1.165) is 31.2 Å². The molecule has 2 aromatic rings. The monoisotopic (exact) mass is 451 g/mol. The first kappa shape index (κ1) is 25.0. The molecule has 1 amide bonds. The topological polar surface area (TPSA) is 75.6 Å². The zero-order chi connectivity index (χ0) is 23.8.